The summed E-state index contributed by atoms with van der Waals surface area (Å²) in [6.07, 6.45) is 6.14. The molecule has 0 fully saturated rings. The summed E-state index contributed by atoms with van der Waals surface area (Å²) < 4.78 is 15.7. The van der Waals surface area contributed by atoms with Gasteiger partial charge < -0.3 is 9.88 Å². The van der Waals surface area contributed by atoms with Gasteiger partial charge in [-0.25, -0.2) is 19.3 Å². The molecule has 102 valence electrons. The molecule has 0 spiro atoms. The van der Waals surface area contributed by atoms with E-state index in [-0.39, 0.29) is 0 Å². The summed E-state index contributed by atoms with van der Waals surface area (Å²) in [6, 6.07) is 0. The average Bonchev–Trinajstić information content (AvgIpc) is 2.87. The maximum Gasteiger partial charge on any atom is 0.223 e. The number of hydrogen-bond acceptors (Lipinski definition) is 4. The van der Waals surface area contributed by atoms with Gasteiger partial charge in [0, 0.05) is 25.5 Å². The first-order chi connectivity index (χ1) is 9.24. The van der Waals surface area contributed by atoms with Crippen LogP contribution >= 0.6 is 0 Å². The molecule has 0 atom stereocenters. The van der Waals surface area contributed by atoms with Crippen molar-refractivity contribution >= 4 is 5.95 Å². The number of anilines is 1. The van der Waals surface area contributed by atoms with E-state index in [0.717, 1.165) is 25.3 Å². The van der Waals surface area contributed by atoms with Crippen LogP contribution in [0.1, 0.15) is 31.8 Å². The van der Waals surface area contributed by atoms with Gasteiger partial charge in [-0.3, -0.25) is 0 Å². The molecule has 2 aromatic heterocycles. The Morgan fingerprint density at radius 1 is 1.32 bits per heavy atom. The number of halogens is 1. The number of hydrogen-bond donors (Lipinski definition) is 1. The summed E-state index contributed by atoms with van der Waals surface area (Å²) in [5, 5.41) is 3.05. The van der Waals surface area contributed by atoms with Crippen LogP contribution in [0.3, 0.4) is 0 Å². The second kappa shape index (κ2) is 6.26. The van der Waals surface area contributed by atoms with Gasteiger partial charge in [-0.15, -0.1) is 0 Å². The lowest BCUT2D eigenvalue weighted by Gasteiger charge is -2.07. The molecule has 0 unspecified atom stereocenters. The molecule has 0 saturated heterocycles. The van der Waals surface area contributed by atoms with Crippen LogP contribution in [-0.4, -0.2) is 26.1 Å². The average molecular weight is 263 g/mol. The van der Waals surface area contributed by atoms with Gasteiger partial charge in [0.05, 0.1) is 18.3 Å². The fourth-order valence-electron chi connectivity index (χ4n) is 1.79. The zero-order chi connectivity index (χ0) is 13.7. The molecule has 0 aliphatic carbocycles. The van der Waals surface area contributed by atoms with Crippen molar-refractivity contribution < 1.29 is 4.39 Å². The summed E-state index contributed by atoms with van der Waals surface area (Å²) in [4.78, 5) is 12.4. The third kappa shape index (κ3) is 3.27. The second-order valence-electron chi connectivity index (χ2n) is 4.22. The Morgan fingerprint density at radius 3 is 2.89 bits per heavy atom. The third-order valence-electron chi connectivity index (χ3n) is 2.82. The number of rotatable bonds is 6. The van der Waals surface area contributed by atoms with Gasteiger partial charge in [0.25, 0.3) is 0 Å². The fourth-order valence-corrected chi connectivity index (χ4v) is 1.79. The van der Waals surface area contributed by atoms with Crippen LogP contribution in [0, 0.1) is 5.82 Å². The van der Waals surface area contributed by atoms with E-state index in [1.165, 1.54) is 6.20 Å². The van der Waals surface area contributed by atoms with E-state index in [0.29, 0.717) is 18.1 Å². The van der Waals surface area contributed by atoms with Crippen LogP contribution in [0.5, 0.6) is 0 Å². The molecule has 0 radical (unpaired) electrons. The molecule has 5 nitrogen and oxygen atoms in total. The Labute approximate surface area is 111 Å². The first kappa shape index (κ1) is 13.5. The van der Waals surface area contributed by atoms with Gasteiger partial charge in [-0.2, -0.15) is 0 Å². The fraction of sp³-hybridized carbons (Fsp3) is 0.462. The minimum absolute atomic E-state index is 0.370. The predicted octanol–water partition coefficient (Wildman–Crippen LogP) is 2.24. The molecule has 2 aromatic rings. The van der Waals surface area contributed by atoms with Crippen LogP contribution in [-0.2, 0) is 13.0 Å². The van der Waals surface area contributed by atoms with Gasteiger partial charge in [0.15, 0.2) is 5.82 Å². The van der Waals surface area contributed by atoms with Crippen molar-refractivity contribution in [1.29, 1.82) is 0 Å². The first-order valence-corrected chi connectivity index (χ1v) is 6.49. The summed E-state index contributed by atoms with van der Waals surface area (Å²) in [7, 11) is 0. The molecule has 0 aliphatic heterocycles. The molecule has 6 heteroatoms. The van der Waals surface area contributed by atoms with E-state index < -0.39 is 5.82 Å². The SMILES string of the molecule is CCCNc1ncc(F)c(Cc2nccn2CC)n1. The molecular formula is C13H18FN5. The smallest absolute Gasteiger partial charge is 0.223 e. The number of aryl methyl sites for hydroxylation is 1. The predicted molar refractivity (Wildman–Crippen MR) is 71.5 cm³/mol. The van der Waals surface area contributed by atoms with Gasteiger partial charge in [-0.1, -0.05) is 6.92 Å². The van der Waals surface area contributed by atoms with Crippen LogP contribution in [0.15, 0.2) is 18.6 Å². The van der Waals surface area contributed by atoms with E-state index in [4.69, 9.17) is 0 Å². The Hall–Kier alpha value is -1.98. The highest BCUT2D eigenvalue weighted by Crippen LogP contribution is 2.11. The molecule has 2 heterocycles. The highest BCUT2D eigenvalue weighted by atomic mass is 19.1. The summed E-state index contributed by atoms with van der Waals surface area (Å²) in [6.45, 7) is 5.66. The number of nitrogens with zero attached hydrogens (tertiary/aromatic N) is 4. The number of nitrogens with one attached hydrogen (secondary N) is 1. The summed E-state index contributed by atoms with van der Waals surface area (Å²) >= 11 is 0. The van der Waals surface area contributed by atoms with Gasteiger partial charge in [-0.05, 0) is 13.3 Å². The molecule has 0 saturated carbocycles. The van der Waals surface area contributed by atoms with Crippen molar-refractivity contribution in [2.45, 2.75) is 33.2 Å². The van der Waals surface area contributed by atoms with Crippen LogP contribution in [0.25, 0.3) is 0 Å². The minimum Gasteiger partial charge on any atom is -0.354 e. The Balaban J connectivity index is 2.19. The van der Waals surface area contributed by atoms with Crippen LogP contribution < -0.4 is 5.32 Å². The van der Waals surface area contributed by atoms with Gasteiger partial charge in [0.1, 0.15) is 5.82 Å². The van der Waals surface area contributed by atoms with E-state index in [2.05, 4.69) is 27.2 Å². The van der Waals surface area contributed by atoms with Crippen molar-refractivity contribution in [3.8, 4) is 0 Å². The topological polar surface area (TPSA) is 55.6 Å². The third-order valence-corrected chi connectivity index (χ3v) is 2.82. The van der Waals surface area contributed by atoms with Crippen molar-refractivity contribution in [3.05, 3.63) is 35.9 Å². The summed E-state index contributed by atoms with van der Waals surface area (Å²) in [5.41, 5.74) is 0.370. The minimum atomic E-state index is -0.396. The maximum atomic E-state index is 13.7. The summed E-state index contributed by atoms with van der Waals surface area (Å²) in [5.74, 6) is 0.877. The highest BCUT2D eigenvalue weighted by molar-refractivity contribution is 5.26. The Kier molecular flexibility index (Phi) is 4.43. The Bertz CT molecular complexity index is 538. The van der Waals surface area contributed by atoms with Crippen LogP contribution in [0.2, 0.25) is 0 Å². The second-order valence-corrected chi connectivity index (χ2v) is 4.22. The molecule has 19 heavy (non-hydrogen) atoms. The monoisotopic (exact) mass is 263 g/mol. The van der Waals surface area contributed by atoms with Crippen molar-refractivity contribution in [1.82, 2.24) is 19.5 Å². The maximum absolute atomic E-state index is 13.7. The molecule has 0 aromatic carbocycles. The molecule has 2 rings (SSSR count). The van der Waals surface area contributed by atoms with E-state index in [9.17, 15) is 4.39 Å². The van der Waals surface area contributed by atoms with Crippen LogP contribution in [0.4, 0.5) is 10.3 Å². The molecular weight excluding hydrogens is 245 g/mol. The zero-order valence-electron chi connectivity index (χ0n) is 11.2. The molecule has 0 aliphatic rings. The van der Waals surface area contributed by atoms with E-state index >= 15 is 0 Å². The number of aromatic nitrogens is 4. The van der Waals surface area contributed by atoms with Crippen molar-refractivity contribution in [2.75, 3.05) is 11.9 Å². The Morgan fingerprint density at radius 2 is 2.16 bits per heavy atom. The lowest BCUT2D eigenvalue weighted by atomic mass is 10.2. The first-order valence-electron chi connectivity index (χ1n) is 6.49. The standard InChI is InChI=1S/C13H18FN5/c1-3-5-16-13-17-9-10(14)11(18-13)8-12-15-6-7-19(12)4-2/h6-7,9H,3-5,8H2,1-2H3,(H,16,17,18). The lowest BCUT2D eigenvalue weighted by molar-refractivity contribution is 0.589. The molecule has 1 N–H and O–H groups in total. The zero-order valence-corrected chi connectivity index (χ0v) is 11.2. The largest absolute Gasteiger partial charge is 0.354 e. The van der Waals surface area contributed by atoms with E-state index in [1.54, 1.807) is 6.20 Å². The number of imidazole rings is 1. The van der Waals surface area contributed by atoms with Gasteiger partial charge >= 0.3 is 0 Å². The molecule has 0 bridgehead atoms. The lowest BCUT2D eigenvalue weighted by Crippen LogP contribution is -2.09. The normalized spacial score (nSPS) is 10.7. The van der Waals surface area contributed by atoms with Crippen molar-refractivity contribution in [3.63, 3.8) is 0 Å². The quantitative estimate of drug-likeness (QED) is 0.868. The van der Waals surface area contributed by atoms with Crippen molar-refractivity contribution in [2.24, 2.45) is 0 Å². The van der Waals surface area contributed by atoms with E-state index in [1.807, 2.05) is 17.7 Å². The highest BCUT2D eigenvalue weighted by Gasteiger charge is 2.10. The van der Waals surface area contributed by atoms with Gasteiger partial charge in [0.2, 0.25) is 5.95 Å². The molecule has 0 amide bonds.